The zero-order chi connectivity index (χ0) is 25.1. The fraction of sp³-hybridized carbons (Fsp3) is 0.581. The Hall–Kier alpha value is -1.81. The Labute approximate surface area is 217 Å². The van der Waals surface area contributed by atoms with Crippen LogP contribution in [-0.2, 0) is 6.42 Å². The second-order valence-corrected chi connectivity index (χ2v) is 10.6. The highest BCUT2D eigenvalue weighted by molar-refractivity contribution is 8.14. The number of carbonyl (C=O) groups excluding carboxylic acids is 1. The van der Waals surface area contributed by atoms with Crippen LogP contribution in [0.3, 0.4) is 0 Å². The van der Waals surface area contributed by atoms with Gasteiger partial charge in [-0.1, -0.05) is 96.6 Å². The minimum Gasteiger partial charge on any atom is -0.491 e. The molecule has 0 aliphatic carbocycles. The van der Waals surface area contributed by atoms with Gasteiger partial charge in [0.2, 0.25) is 5.12 Å². The highest BCUT2D eigenvalue weighted by Gasteiger charge is 2.10. The lowest BCUT2D eigenvalue weighted by molar-refractivity contribution is 0.108. The average Bonchev–Trinajstić information content (AvgIpc) is 2.88. The SMILES string of the molecule is CCCCCCCCc1ccc(SC(=O)c2ccc(OCC(F)CCCCCCCC)cc2)cc1. The van der Waals surface area contributed by atoms with Crippen molar-refractivity contribution in [2.24, 2.45) is 0 Å². The third-order valence-corrected chi connectivity index (χ3v) is 7.27. The van der Waals surface area contributed by atoms with Crippen molar-refractivity contribution in [2.45, 2.75) is 115 Å². The molecule has 2 nitrogen and oxygen atoms in total. The molecule has 0 saturated carbocycles. The number of thioether (sulfide) groups is 1. The van der Waals surface area contributed by atoms with E-state index in [-0.39, 0.29) is 11.7 Å². The maximum absolute atomic E-state index is 14.1. The Balaban J connectivity index is 1.66. The van der Waals surface area contributed by atoms with Crippen LogP contribution >= 0.6 is 11.8 Å². The van der Waals surface area contributed by atoms with E-state index in [9.17, 15) is 9.18 Å². The van der Waals surface area contributed by atoms with E-state index >= 15 is 0 Å². The molecule has 0 heterocycles. The van der Waals surface area contributed by atoms with E-state index in [0.717, 1.165) is 24.2 Å². The van der Waals surface area contributed by atoms with Gasteiger partial charge < -0.3 is 4.74 Å². The van der Waals surface area contributed by atoms with Crippen molar-refractivity contribution >= 4 is 16.9 Å². The maximum atomic E-state index is 14.1. The number of aryl methyl sites for hydroxylation is 1. The second-order valence-electron chi connectivity index (χ2n) is 9.54. The van der Waals surface area contributed by atoms with Gasteiger partial charge in [-0.3, -0.25) is 4.79 Å². The summed E-state index contributed by atoms with van der Waals surface area (Å²) in [6, 6.07) is 15.4. The summed E-state index contributed by atoms with van der Waals surface area (Å²) in [4.78, 5) is 13.6. The predicted molar refractivity (Wildman–Crippen MR) is 149 cm³/mol. The van der Waals surface area contributed by atoms with E-state index in [1.165, 1.54) is 81.5 Å². The fourth-order valence-electron chi connectivity index (χ4n) is 4.10. The minimum atomic E-state index is -0.943. The van der Waals surface area contributed by atoms with Gasteiger partial charge in [-0.25, -0.2) is 4.39 Å². The van der Waals surface area contributed by atoms with Gasteiger partial charge in [-0.15, -0.1) is 0 Å². The number of halogens is 1. The summed E-state index contributed by atoms with van der Waals surface area (Å²) < 4.78 is 19.7. The second kappa shape index (κ2) is 18.5. The lowest BCUT2D eigenvalue weighted by atomic mass is 10.1. The lowest BCUT2D eigenvalue weighted by Gasteiger charge is -2.11. The monoisotopic (exact) mass is 500 g/mol. The molecular weight excluding hydrogens is 455 g/mol. The summed E-state index contributed by atoms with van der Waals surface area (Å²) in [5.41, 5.74) is 1.96. The van der Waals surface area contributed by atoms with Crippen molar-refractivity contribution in [3.63, 3.8) is 0 Å². The molecule has 2 aromatic carbocycles. The van der Waals surface area contributed by atoms with Gasteiger partial charge in [-0.05, 0) is 73.0 Å². The number of benzene rings is 2. The van der Waals surface area contributed by atoms with Crippen LogP contribution in [0.1, 0.15) is 113 Å². The lowest BCUT2D eigenvalue weighted by Crippen LogP contribution is -2.12. The molecule has 0 N–H and O–H groups in total. The molecule has 0 aliphatic rings. The van der Waals surface area contributed by atoms with Crippen molar-refractivity contribution in [1.82, 2.24) is 0 Å². The molecule has 0 spiro atoms. The third-order valence-electron chi connectivity index (χ3n) is 6.34. The number of hydrogen-bond acceptors (Lipinski definition) is 3. The summed E-state index contributed by atoms with van der Waals surface area (Å²) in [5, 5.41) is 0.00617. The minimum absolute atomic E-state index is 0.00617. The van der Waals surface area contributed by atoms with E-state index in [1.54, 1.807) is 24.3 Å². The highest BCUT2D eigenvalue weighted by Crippen LogP contribution is 2.25. The molecule has 1 unspecified atom stereocenters. The Bertz CT molecular complexity index is 804. The number of rotatable bonds is 19. The summed E-state index contributed by atoms with van der Waals surface area (Å²) in [5.74, 6) is 0.608. The van der Waals surface area contributed by atoms with E-state index in [1.807, 2.05) is 12.1 Å². The number of hydrogen-bond donors (Lipinski definition) is 0. The predicted octanol–water partition coefficient (Wildman–Crippen LogP) is 9.99. The van der Waals surface area contributed by atoms with Gasteiger partial charge in [0.1, 0.15) is 18.5 Å². The zero-order valence-corrected chi connectivity index (χ0v) is 22.7. The van der Waals surface area contributed by atoms with E-state index in [2.05, 4.69) is 26.0 Å². The molecule has 0 aliphatic heterocycles. The fourth-order valence-corrected chi connectivity index (χ4v) is 4.84. The smallest absolute Gasteiger partial charge is 0.224 e. The Morgan fingerprint density at radius 1 is 0.771 bits per heavy atom. The Morgan fingerprint density at radius 3 is 1.97 bits per heavy atom. The third kappa shape index (κ3) is 13.2. The molecule has 0 radical (unpaired) electrons. The summed E-state index contributed by atoms with van der Waals surface area (Å²) in [7, 11) is 0. The van der Waals surface area contributed by atoms with Crippen molar-refractivity contribution in [2.75, 3.05) is 6.61 Å². The molecule has 194 valence electrons. The molecule has 0 fully saturated rings. The van der Waals surface area contributed by atoms with Crippen molar-refractivity contribution in [3.8, 4) is 5.75 Å². The first kappa shape index (κ1) is 29.4. The quantitative estimate of drug-likeness (QED) is 0.142. The topological polar surface area (TPSA) is 26.3 Å². The molecule has 4 heteroatoms. The summed E-state index contributed by atoms with van der Waals surface area (Å²) >= 11 is 1.24. The van der Waals surface area contributed by atoms with Crippen LogP contribution in [0.15, 0.2) is 53.4 Å². The normalized spacial score (nSPS) is 12.0. The van der Waals surface area contributed by atoms with Crippen LogP contribution in [-0.4, -0.2) is 17.9 Å². The molecule has 2 rings (SSSR count). The van der Waals surface area contributed by atoms with Crippen LogP contribution in [0.5, 0.6) is 5.75 Å². The standard InChI is InChI=1S/C31H45FO2S/c1-3-5-7-9-11-13-15-26-17-23-30(24-18-26)35-31(33)27-19-21-29(22-20-27)34-25-28(32)16-14-12-10-8-6-4-2/h17-24,28H,3-16,25H2,1-2H3. The van der Waals surface area contributed by atoms with Crippen LogP contribution in [0.4, 0.5) is 4.39 Å². The number of alkyl halides is 1. The van der Waals surface area contributed by atoms with Gasteiger partial charge >= 0.3 is 0 Å². The average molecular weight is 501 g/mol. The van der Waals surface area contributed by atoms with Crippen LogP contribution in [0, 0.1) is 0 Å². The molecular formula is C31H45FO2S. The van der Waals surface area contributed by atoms with E-state index < -0.39 is 6.17 Å². The van der Waals surface area contributed by atoms with Crippen molar-refractivity contribution in [3.05, 3.63) is 59.7 Å². The van der Waals surface area contributed by atoms with E-state index in [0.29, 0.717) is 17.7 Å². The molecule has 35 heavy (non-hydrogen) atoms. The first-order valence-electron chi connectivity index (χ1n) is 13.8. The van der Waals surface area contributed by atoms with Crippen molar-refractivity contribution < 1.29 is 13.9 Å². The summed E-state index contributed by atoms with van der Waals surface area (Å²) in [6.45, 7) is 4.52. The first-order valence-corrected chi connectivity index (χ1v) is 14.6. The molecule has 0 saturated heterocycles. The number of ether oxygens (including phenoxy) is 1. The first-order chi connectivity index (χ1) is 17.1. The van der Waals surface area contributed by atoms with E-state index in [4.69, 9.17) is 4.74 Å². The van der Waals surface area contributed by atoms with Crippen LogP contribution in [0.2, 0.25) is 0 Å². The zero-order valence-electron chi connectivity index (χ0n) is 21.9. The van der Waals surface area contributed by atoms with Gasteiger partial charge in [0.25, 0.3) is 0 Å². The van der Waals surface area contributed by atoms with Gasteiger partial charge in [0.15, 0.2) is 0 Å². The Kier molecular flexibility index (Phi) is 15.5. The number of unbranched alkanes of at least 4 members (excludes halogenated alkanes) is 10. The molecule has 0 aromatic heterocycles. The highest BCUT2D eigenvalue weighted by atomic mass is 32.2. The van der Waals surface area contributed by atoms with Crippen molar-refractivity contribution in [1.29, 1.82) is 0 Å². The largest absolute Gasteiger partial charge is 0.491 e. The molecule has 1 atom stereocenters. The van der Waals surface area contributed by atoms with Gasteiger partial charge in [0.05, 0.1) is 0 Å². The molecule has 2 aromatic rings. The Morgan fingerprint density at radius 2 is 1.34 bits per heavy atom. The van der Waals surface area contributed by atoms with Crippen LogP contribution in [0.25, 0.3) is 0 Å². The van der Waals surface area contributed by atoms with Gasteiger partial charge in [0, 0.05) is 10.5 Å². The summed E-state index contributed by atoms with van der Waals surface area (Å²) in [6.07, 6.45) is 15.5. The van der Waals surface area contributed by atoms with Gasteiger partial charge in [-0.2, -0.15) is 0 Å². The van der Waals surface area contributed by atoms with Crippen LogP contribution < -0.4 is 4.74 Å². The molecule has 0 bridgehead atoms. The number of carbonyl (C=O) groups is 1. The maximum Gasteiger partial charge on any atom is 0.224 e. The molecule has 0 amide bonds.